The Morgan fingerprint density at radius 2 is 1.79 bits per heavy atom. The van der Waals surface area contributed by atoms with Gasteiger partial charge < -0.3 is 4.90 Å². The predicted molar refractivity (Wildman–Crippen MR) is 89.5 cm³/mol. The molecule has 0 radical (unpaired) electrons. The van der Waals surface area contributed by atoms with Crippen molar-refractivity contribution in [3.8, 4) is 5.69 Å². The van der Waals surface area contributed by atoms with Gasteiger partial charge in [0.2, 0.25) is 16.0 Å². The minimum Gasteiger partial charge on any atom is -0.337 e. The maximum atomic E-state index is 12.4. The number of aromatic nitrogens is 4. The number of anilines is 1. The average Bonchev–Trinajstić information content (AvgIpc) is 3.18. The number of sulfonamides is 1. The van der Waals surface area contributed by atoms with Gasteiger partial charge in [0.1, 0.15) is 5.25 Å². The van der Waals surface area contributed by atoms with Crippen LogP contribution >= 0.6 is 0 Å². The van der Waals surface area contributed by atoms with Crippen LogP contribution < -0.4 is 9.62 Å². The molecule has 0 unspecified atom stereocenters. The van der Waals surface area contributed by atoms with Crippen LogP contribution in [0.4, 0.5) is 5.95 Å². The van der Waals surface area contributed by atoms with Crippen molar-refractivity contribution in [3.63, 3.8) is 0 Å². The Morgan fingerprint density at radius 3 is 2.50 bits per heavy atom. The molecule has 9 heteroatoms. The van der Waals surface area contributed by atoms with Crippen LogP contribution in [0.15, 0.2) is 30.3 Å². The standard InChI is InChI=1S/C15H20N6O2S/c22-24(23,17-12-6-4-5-7-12)14-10-20(11-14)15-16-18-19-21(15)13-8-2-1-3-9-13/h1-3,8-9,12,14,17H,4-7,10-11H2. The summed E-state index contributed by atoms with van der Waals surface area (Å²) in [4.78, 5) is 1.89. The maximum absolute atomic E-state index is 12.4. The minimum atomic E-state index is -3.28. The van der Waals surface area contributed by atoms with Gasteiger partial charge in [0, 0.05) is 19.1 Å². The van der Waals surface area contributed by atoms with Crippen LogP contribution in [0.5, 0.6) is 0 Å². The van der Waals surface area contributed by atoms with Crippen LogP contribution in [0.3, 0.4) is 0 Å². The Bertz CT molecular complexity index is 794. The van der Waals surface area contributed by atoms with E-state index >= 15 is 0 Å². The van der Waals surface area contributed by atoms with Gasteiger partial charge in [-0.1, -0.05) is 36.1 Å². The fraction of sp³-hybridized carbons (Fsp3) is 0.533. The Labute approximate surface area is 140 Å². The van der Waals surface area contributed by atoms with E-state index in [1.54, 1.807) is 4.68 Å². The van der Waals surface area contributed by atoms with Crippen molar-refractivity contribution in [2.24, 2.45) is 0 Å². The van der Waals surface area contributed by atoms with Gasteiger partial charge in [-0.15, -0.1) is 0 Å². The van der Waals surface area contributed by atoms with Crippen molar-refractivity contribution in [2.75, 3.05) is 18.0 Å². The van der Waals surface area contributed by atoms with Crippen molar-refractivity contribution in [1.82, 2.24) is 24.9 Å². The number of para-hydroxylation sites is 1. The summed E-state index contributed by atoms with van der Waals surface area (Å²) < 4.78 is 29.4. The van der Waals surface area contributed by atoms with E-state index in [1.807, 2.05) is 35.2 Å². The van der Waals surface area contributed by atoms with E-state index in [0.29, 0.717) is 19.0 Å². The van der Waals surface area contributed by atoms with E-state index in [0.717, 1.165) is 31.4 Å². The van der Waals surface area contributed by atoms with E-state index in [9.17, 15) is 8.42 Å². The summed E-state index contributed by atoms with van der Waals surface area (Å²) in [5.41, 5.74) is 0.855. The quantitative estimate of drug-likeness (QED) is 0.855. The maximum Gasteiger partial charge on any atom is 0.250 e. The molecule has 1 saturated carbocycles. The SMILES string of the molecule is O=S(=O)(NC1CCCC1)C1CN(c2nnnn2-c2ccccc2)C1. The summed E-state index contributed by atoms with van der Waals surface area (Å²) in [5, 5.41) is 11.4. The van der Waals surface area contributed by atoms with E-state index < -0.39 is 15.3 Å². The number of nitrogens with zero attached hydrogens (tertiary/aromatic N) is 5. The first kappa shape index (κ1) is 15.5. The summed E-state index contributed by atoms with van der Waals surface area (Å²) >= 11 is 0. The Morgan fingerprint density at radius 1 is 1.08 bits per heavy atom. The van der Waals surface area contributed by atoms with Crippen LogP contribution in [-0.4, -0.2) is 53.0 Å². The molecule has 24 heavy (non-hydrogen) atoms. The zero-order chi connectivity index (χ0) is 16.6. The molecule has 2 aliphatic rings. The fourth-order valence-electron chi connectivity index (χ4n) is 3.29. The molecule has 1 saturated heterocycles. The molecule has 128 valence electrons. The third-order valence-corrected chi connectivity index (χ3v) is 6.55. The number of hydrogen-bond acceptors (Lipinski definition) is 6. The van der Waals surface area contributed by atoms with Crippen LogP contribution in [0.1, 0.15) is 25.7 Å². The van der Waals surface area contributed by atoms with Gasteiger partial charge in [-0.2, -0.15) is 4.68 Å². The highest BCUT2D eigenvalue weighted by Gasteiger charge is 2.40. The van der Waals surface area contributed by atoms with Gasteiger partial charge in [0.15, 0.2) is 0 Å². The summed E-state index contributed by atoms with van der Waals surface area (Å²) in [7, 11) is -3.28. The number of hydrogen-bond donors (Lipinski definition) is 1. The van der Waals surface area contributed by atoms with Crippen molar-refractivity contribution < 1.29 is 8.42 Å². The van der Waals surface area contributed by atoms with E-state index in [1.165, 1.54) is 0 Å². The number of rotatable bonds is 5. The van der Waals surface area contributed by atoms with E-state index in [-0.39, 0.29) is 6.04 Å². The van der Waals surface area contributed by atoms with Gasteiger partial charge >= 0.3 is 0 Å². The number of nitrogens with one attached hydrogen (secondary N) is 1. The third kappa shape index (κ3) is 2.89. The summed E-state index contributed by atoms with van der Waals surface area (Å²) in [5.74, 6) is 0.577. The Hall–Kier alpha value is -2.00. The highest BCUT2D eigenvalue weighted by atomic mass is 32.2. The lowest BCUT2D eigenvalue weighted by atomic mass is 10.2. The van der Waals surface area contributed by atoms with E-state index in [2.05, 4.69) is 20.2 Å². The fourth-order valence-corrected chi connectivity index (χ4v) is 4.93. The van der Waals surface area contributed by atoms with Crippen LogP contribution in [0.2, 0.25) is 0 Å². The van der Waals surface area contributed by atoms with E-state index in [4.69, 9.17) is 0 Å². The van der Waals surface area contributed by atoms with Gasteiger partial charge in [-0.05, 0) is 35.4 Å². The summed E-state index contributed by atoms with van der Waals surface area (Å²) in [6, 6.07) is 9.68. The second-order valence-electron chi connectivity index (χ2n) is 6.40. The lowest BCUT2D eigenvalue weighted by molar-refractivity contribution is 0.505. The first-order chi connectivity index (χ1) is 11.6. The molecule has 0 spiro atoms. The monoisotopic (exact) mass is 348 g/mol. The zero-order valence-electron chi connectivity index (χ0n) is 13.2. The molecule has 2 fully saturated rings. The molecule has 1 aromatic heterocycles. The number of tetrazole rings is 1. The molecule has 1 aliphatic carbocycles. The number of benzene rings is 1. The molecular weight excluding hydrogens is 328 g/mol. The van der Waals surface area contributed by atoms with Crippen LogP contribution in [0, 0.1) is 0 Å². The highest BCUT2D eigenvalue weighted by molar-refractivity contribution is 7.90. The molecule has 0 bridgehead atoms. The minimum absolute atomic E-state index is 0.110. The molecule has 1 N–H and O–H groups in total. The van der Waals surface area contributed by atoms with Gasteiger partial charge in [-0.25, -0.2) is 13.1 Å². The van der Waals surface area contributed by atoms with Crippen molar-refractivity contribution in [3.05, 3.63) is 30.3 Å². The average molecular weight is 348 g/mol. The first-order valence-corrected chi connectivity index (χ1v) is 9.78. The second kappa shape index (κ2) is 6.14. The van der Waals surface area contributed by atoms with Crippen LogP contribution in [0.25, 0.3) is 5.69 Å². The molecule has 4 rings (SSSR count). The van der Waals surface area contributed by atoms with Crippen molar-refractivity contribution in [2.45, 2.75) is 37.0 Å². The molecule has 1 aliphatic heterocycles. The predicted octanol–water partition coefficient (Wildman–Crippen LogP) is 0.713. The zero-order valence-corrected chi connectivity index (χ0v) is 14.1. The van der Waals surface area contributed by atoms with Crippen LogP contribution in [-0.2, 0) is 10.0 Å². The second-order valence-corrected chi connectivity index (χ2v) is 8.39. The topological polar surface area (TPSA) is 93.0 Å². The molecule has 8 nitrogen and oxygen atoms in total. The van der Waals surface area contributed by atoms with Gasteiger partial charge in [-0.3, -0.25) is 0 Å². The normalized spacial score (nSPS) is 19.6. The molecule has 2 heterocycles. The highest BCUT2D eigenvalue weighted by Crippen LogP contribution is 2.25. The molecule has 0 atom stereocenters. The smallest absolute Gasteiger partial charge is 0.250 e. The molecule has 1 aromatic carbocycles. The van der Waals surface area contributed by atoms with Crippen molar-refractivity contribution in [1.29, 1.82) is 0 Å². The Kier molecular flexibility index (Phi) is 3.97. The first-order valence-electron chi connectivity index (χ1n) is 8.23. The summed E-state index contributed by atoms with van der Waals surface area (Å²) in [6.07, 6.45) is 4.11. The summed E-state index contributed by atoms with van der Waals surface area (Å²) in [6.45, 7) is 0.824. The largest absolute Gasteiger partial charge is 0.337 e. The third-order valence-electron chi connectivity index (χ3n) is 4.71. The molecular formula is C15H20N6O2S. The molecule has 0 amide bonds. The van der Waals surface area contributed by atoms with Crippen molar-refractivity contribution >= 4 is 16.0 Å². The van der Waals surface area contributed by atoms with Gasteiger partial charge in [0.05, 0.1) is 5.69 Å². The molecule has 2 aromatic rings. The Balaban J connectivity index is 1.44. The lowest BCUT2D eigenvalue weighted by Crippen LogP contribution is -2.59. The lowest BCUT2D eigenvalue weighted by Gasteiger charge is -2.39. The van der Waals surface area contributed by atoms with Gasteiger partial charge in [0.25, 0.3) is 0 Å².